The molecule has 0 unspecified atom stereocenters. The maximum atomic E-state index is 11.9. The predicted molar refractivity (Wildman–Crippen MR) is 91.3 cm³/mol. The molecule has 0 radical (unpaired) electrons. The Labute approximate surface area is 140 Å². The van der Waals surface area contributed by atoms with E-state index in [1.165, 1.54) is 0 Å². The maximum Gasteiger partial charge on any atom is 0.250 e. The van der Waals surface area contributed by atoms with E-state index in [0.717, 1.165) is 41.0 Å². The second-order valence-corrected chi connectivity index (χ2v) is 6.25. The second-order valence-electron chi connectivity index (χ2n) is 6.25. The summed E-state index contributed by atoms with van der Waals surface area (Å²) in [5.74, 6) is 0.253. The van der Waals surface area contributed by atoms with E-state index in [9.17, 15) is 4.79 Å². The van der Waals surface area contributed by atoms with Gasteiger partial charge in [-0.3, -0.25) is 4.79 Å². The van der Waals surface area contributed by atoms with Crippen molar-refractivity contribution in [1.29, 1.82) is 0 Å². The number of ether oxygens (including phenoxy) is 1. The van der Waals surface area contributed by atoms with Gasteiger partial charge in [-0.1, -0.05) is 30.3 Å². The molecule has 1 aliphatic heterocycles. The number of amides is 1. The summed E-state index contributed by atoms with van der Waals surface area (Å²) >= 11 is 0. The van der Waals surface area contributed by atoms with E-state index in [-0.39, 0.29) is 6.10 Å². The first-order valence-electron chi connectivity index (χ1n) is 8.09. The van der Waals surface area contributed by atoms with Gasteiger partial charge in [-0.2, -0.15) is 0 Å². The molecule has 3 aromatic rings. The van der Waals surface area contributed by atoms with Gasteiger partial charge in [0.1, 0.15) is 6.10 Å². The molecule has 3 heterocycles. The second kappa shape index (κ2) is 5.37. The number of carbonyl (C=O) groups is 1. The normalized spacial score (nSPS) is 16.7. The van der Waals surface area contributed by atoms with E-state index in [1.807, 2.05) is 36.4 Å². The molecule has 0 spiro atoms. The largest absolute Gasteiger partial charge is 0.481 e. The first-order chi connectivity index (χ1) is 11.6. The van der Waals surface area contributed by atoms with Crippen molar-refractivity contribution in [2.45, 2.75) is 32.8 Å². The van der Waals surface area contributed by atoms with Crippen LogP contribution in [0.4, 0.5) is 0 Å². The molecule has 1 amide bonds. The van der Waals surface area contributed by atoms with E-state index in [0.29, 0.717) is 11.3 Å². The molecule has 122 valence electrons. The van der Waals surface area contributed by atoms with E-state index in [1.54, 1.807) is 6.20 Å². The first-order valence-corrected chi connectivity index (χ1v) is 8.09. The van der Waals surface area contributed by atoms with Crippen molar-refractivity contribution in [3.63, 3.8) is 0 Å². The van der Waals surface area contributed by atoms with Crippen molar-refractivity contribution in [2.75, 3.05) is 0 Å². The first kappa shape index (κ1) is 14.8. The summed E-state index contributed by atoms with van der Waals surface area (Å²) in [6, 6.07) is 10.1. The van der Waals surface area contributed by atoms with Gasteiger partial charge in [-0.15, -0.1) is 0 Å². The summed E-state index contributed by atoms with van der Waals surface area (Å²) in [7, 11) is 0. The number of fused-ring (bicyclic) bond motifs is 3. The molecule has 0 fully saturated rings. The van der Waals surface area contributed by atoms with E-state index in [4.69, 9.17) is 10.5 Å². The van der Waals surface area contributed by atoms with Crippen LogP contribution in [-0.2, 0) is 6.42 Å². The number of primary amides is 1. The molecule has 2 N–H and O–H groups in total. The summed E-state index contributed by atoms with van der Waals surface area (Å²) in [5, 5.41) is 0. The Bertz CT molecular complexity index is 944. The van der Waals surface area contributed by atoms with Gasteiger partial charge in [-0.25, -0.2) is 4.98 Å². The fraction of sp³-hybridized carbons (Fsp3) is 0.263. The third kappa shape index (κ3) is 2.16. The van der Waals surface area contributed by atoms with Crippen molar-refractivity contribution in [2.24, 2.45) is 5.73 Å². The minimum atomic E-state index is -0.430. The highest BCUT2D eigenvalue weighted by molar-refractivity contribution is 5.95. The Kier molecular flexibility index (Phi) is 3.30. The summed E-state index contributed by atoms with van der Waals surface area (Å²) in [6.45, 7) is 3.93. The van der Waals surface area contributed by atoms with E-state index >= 15 is 0 Å². The summed E-state index contributed by atoms with van der Waals surface area (Å²) in [4.78, 5) is 16.6. The average Bonchev–Trinajstić information content (AvgIpc) is 2.89. The highest BCUT2D eigenvalue weighted by Crippen LogP contribution is 2.39. The van der Waals surface area contributed by atoms with Gasteiger partial charge in [0, 0.05) is 17.5 Å². The zero-order valence-electron chi connectivity index (χ0n) is 13.7. The number of pyridine rings is 1. The molecule has 5 heteroatoms. The lowest BCUT2D eigenvalue weighted by Gasteiger charge is -2.28. The molecule has 1 aromatic carbocycles. The smallest absolute Gasteiger partial charge is 0.250 e. The molecule has 0 saturated heterocycles. The zero-order valence-corrected chi connectivity index (χ0v) is 13.7. The Balaban J connectivity index is 1.91. The van der Waals surface area contributed by atoms with Gasteiger partial charge in [0.2, 0.25) is 0 Å². The molecule has 0 bridgehead atoms. The number of nitrogens with zero attached hydrogens (tertiary/aromatic N) is 2. The molecule has 2 aromatic heterocycles. The number of carbonyl (C=O) groups excluding carboxylic acids is 1. The Morgan fingerprint density at radius 3 is 2.75 bits per heavy atom. The van der Waals surface area contributed by atoms with Crippen molar-refractivity contribution in [3.05, 3.63) is 64.6 Å². The van der Waals surface area contributed by atoms with Crippen molar-refractivity contribution < 1.29 is 9.53 Å². The number of hydrogen-bond donors (Lipinski definition) is 1. The molecule has 4 rings (SSSR count). The standard InChI is InChI=1S/C19H19N3O2/c1-11-12(2)22-10-15(18(20)23)14-8-9-16(13-6-4-3-5-7-13)24-17(14)19(22)21-11/h3-7,10,16H,8-9H2,1-2H3,(H2,20,23)/t16-/m0/s1. The fourth-order valence-electron chi connectivity index (χ4n) is 3.37. The number of aryl methyl sites for hydroxylation is 2. The fourth-order valence-corrected chi connectivity index (χ4v) is 3.37. The van der Waals surface area contributed by atoms with Crippen LogP contribution in [-0.4, -0.2) is 15.3 Å². The Morgan fingerprint density at radius 1 is 1.29 bits per heavy atom. The SMILES string of the molecule is Cc1nc2c3c(c(C(N)=O)cn2c1C)CC[C@@H](c1ccccc1)O3. The predicted octanol–water partition coefficient (Wildman–Crippen LogP) is 3.12. The monoisotopic (exact) mass is 321 g/mol. The quantitative estimate of drug-likeness (QED) is 0.788. The third-order valence-electron chi connectivity index (χ3n) is 4.80. The number of rotatable bonds is 2. The van der Waals surface area contributed by atoms with Crippen LogP contribution in [0.25, 0.3) is 5.65 Å². The van der Waals surface area contributed by atoms with Crippen molar-refractivity contribution in [1.82, 2.24) is 9.38 Å². The van der Waals surface area contributed by atoms with Crippen LogP contribution < -0.4 is 10.5 Å². The van der Waals surface area contributed by atoms with Crippen LogP contribution in [0.3, 0.4) is 0 Å². The molecule has 1 aliphatic rings. The van der Waals surface area contributed by atoms with Gasteiger partial charge in [0.25, 0.3) is 5.91 Å². The summed E-state index contributed by atoms with van der Waals surface area (Å²) < 4.78 is 8.20. The number of hydrogen-bond acceptors (Lipinski definition) is 3. The number of benzene rings is 1. The Morgan fingerprint density at radius 2 is 2.04 bits per heavy atom. The van der Waals surface area contributed by atoms with E-state index < -0.39 is 5.91 Å². The van der Waals surface area contributed by atoms with Crippen molar-refractivity contribution >= 4 is 11.6 Å². The number of imidazole rings is 1. The minimum Gasteiger partial charge on any atom is -0.481 e. The van der Waals surface area contributed by atoms with Crippen LogP contribution >= 0.6 is 0 Å². The zero-order chi connectivity index (χ0) is 16.8. The molecular weight excluding hydrogens is 302 g/mol. The van der Waals surface area contributed by atoms with Gasteiger partial charge in [0.15, 0.2) is 11.4 Å². The highest BCUT2D eigenvalue weighted by Gasteiger charge is 2.28. The molecule has 0 saturated carbocycles. The van der Waals surface area contributed by atoms with Crippen LogP contribution in [0.5, 0.6) is 5.75 Å². The molecule has 1 atom stereocenters. The lowest BCUT2D eigenvalue weighted by atomic mass is 9.95. The minimum absolute atomic E-state index is 0.0389. The lowest BCUT2D eigenvalue weighted by Crippen LogP contribution is -2.22. The van der Waals surface area contributed by atoms with E-state index in [2.05, 4.69) is 17.1 Å². The van der Waals surface area contributed by atoms with Crippen LogP contribution in [0.15, 0.2) is 36.5 Å². The van der Waals surface area contributed by atoms with Crippen LogP contribution in [0.1, 0.15) is 45.4 Å². The molecule has 5 nitrogen and oxygen atoms in total. The molecule has 24 heavy (non-hydrogen) atoms. The molecule has 0 aliphatic carbocycles. The lowest BCUT2D eigenvalue weighted by molar-refractivity contribution is 0.0995. The summed E-state index contributed by atoms with van der Waals surface area (Å²) in [6.07, 6.45) is 3.31. The van der Waals surface area contributed by atoms with Gasteiger partial charge < -0.3 is 14.9 Å². The van der Waals surface area contributed by atoms with Gasteiger partial charge in [-0.05, 0) is 32.3 Å². The Hall–Kier alpha value is -2.82. The topological polar surface area (TPSA) is 69.6 Å². The number of nitrogens with two attached hydrogens (primary N) is 1. The molecular formula is C19H19N3O2. The van der Waals surface area contributed by atoms with Crippen LogP contribution in [0.2, 0.25) is 0 Å². The maximum absolute atomic E-state index is 11.9. The third-order valence-corrected chi connectivity index (χ3v) is 4.80. The van der Waals surface area contributed by atoms with Gasteiger partial charge >= 0.3 is 0 Å². The average molecular weight is 321 g/mol. The number of aromatic nitrogens is 2. The highest BCUT2D eigenvalue weighted by atomic mass is 16.5. The van der Waals surface area contributed by atoms with Crippen molar-refractivity contribution in [3.8, 4) is 5.75 Å². The summed E-state index contributed by atoms with van der Waals surface area (Å²) in [5.41, 5.74) is 10.8. The van der Waals surface area contributed by atoms with Crippen LogP contribution in [0, 0.1) is 13.8 Å². The van der Waals surface area contributed by atoms with Gasteiger partial charge in [0.05, 0.1) is 11.3 Å².